The molecule has 1 rings (SSSR count). The van der Waals surface area contributed by atoms with Gasteiger partial charge in [0.2, 0.25) is 0 Å². The fraction of sp³-hybridized carbons (Fsp3) is 0.571. The zero-order valence-corrected chi connectivity index (χ0v) is 11.2. The number of hydrogen-bond acceptors (Lipinski definition) is 3. The van der Waals surface area contributed by atoms with Crippen LogP contribution in [0.25, 0.3) is 0 Å². The Morgan fingerprint density at radius 3 is 2.74 bits per heavy atom. The Hall–Kier alpha value is -1.20. The lowest BCUT2D eigenvalue weighted by Gasteiger charge is -2.20. The average molecular weight is 273 g/mol. The number of hydrogen-bond donors (Lipinski definition) is 1. The molecule has 1 aromatic carbocycles. The van der Waals surface area contributed by atoms with Crippen molar-refractivity contribution in [2.75, 3.05) is 32.8 Å². The molecule has 1 aromatic rings. The molecule has 0 saturated carbocycles. The molecule has 0 radical (unpaired) electrons. The summed E-state index contributed by atoms with van der Waals surface area (Å²) in [5, 5.41) is 8.80. The van der Waals surface area contributed by atoms with E-state index in [4.69, 9.17) is 9.84 Å². The minimum absolute atomic E-state index is 0.106. The second kappa shape index (κ2) is 8.82. The van der Waals surface area contributed by atoms with Crippen molar-refractivity contribution in [2.24, 2.45) is 0 Å². The summed E-state index contributed by atoms with van der Waals surface area (Å²) in [6.45, 7) is 2.83. The third-order valence-electron chi connectivity index (χ3n) is 2.69. The van der Waals surface area contributed by atoms with Crippen molar-refractivity contribution in [1.82, 2.24) is 4.90 Å². The summed E-state index contributed by atoms with van der Waals surface area (Å²) in [6.07, 6.45) is -1.72. The van der Waals surface area contributed by atoms with E-state index >= 15 is 0 Å². The minimum Gasteiger partial charge on any atom is -0.494 e. The second-order valence-corrected chi connectivity index (χ2v) is 4.43. The zero-order valence-electron chi connectivity index (χ0n) is 11.2. The first-order valence-corrected chi connectivity index (χ1v) is 6.42. The van der Waals surface area contributed by atoms with Crippen LogP contribution in [0.1, 0.15) is 12.0 Å². The van der Waals surface area contributed by atoms with E-state index in [9.17, 15) is 8.78 Å². The number of alkyl halides is 2. The molecule has 108 valence electrons. The highest BCUT2D eigenvalue weighted by Gasteiger charge is 2.11. The number of aliphatic hydroxyl groups is 1. The van der Waals surface area contributed by atoms with E-state index in [1.165, 1.54) is 0 Å². The molecule has 0 atom stereocenters. The molecular weight excluding hydrogens is 252 g/mol. The molecule has 0 amide bonds. The Morgan fingerprint density at radius 1 is 1.32 bits per heavy atom. The van der Waals surface area contributed by atoms with Crippen LogP contribution in [0.3, 0.4) is 0 Å². The lowest BCUT2D eigenvalue weighted by atomic mass is 10.2. The highest BCUT2D eigenvalue weighted by atomic mass is 19.3. The fourth-order valence-corrected chi connectivity index (χ4v) is 1.81. The van der Waals surface area contributed by atoms with Gasteiger partial charge < -0.3 is 9.84 Å². The van der Waals surface area contributed by atoms with Crippen LogP contribution >= 0.6 is 0 Å². The van der Waals surface area contributed by atoms with Crippen LogP contribution in [-0.2, 0) is 0 Å². The zero-order chi connectivity index (χ0) is 14.1. The second-order valence-electron chi connectivity index (χ2n) is 4.43. The molecule has 0 aliphatic heterocycles. The quantitative estimate of drug-likeness (QED) is 0.701. The maximum absolute atomic E-state index is 12.3. The molecule has 19 heavy (non-hydrogen) atoms. The van der Waals surface area contributed by atoms with Crippen molar-refractivity contribution in [3.63, 3.8) is 0 Å². The van der Waals surface area contributed by atoms with Gasteiger partial charge in [0.05, 0.1) is 19.8 Å². The lowest BCUT2D eigenvalue weighted by Crippen LogP contribution is -2.33. The number of nitrogens with zero attached hydrogens (tertiary/aromatic N) is 1. The molecule has 1 N–H and O–H groups in total. The van der Waals surface area contributed by atoms with Gasteiger partial charge in [-0.05, 0) is 31.0 Å². The SMILES string of the molecule is Cc1cccc(OCCCN(CCO)CC(F)F)c1. The van der Waals surface area contributed by atoms with Crippen LogP contribution in [0.5, 0.6) is 5.75 Å². The van der Waals surface area contributed by atoms with Gasteiger partial charge in [-0.1, -0.05) is 12.1 Å². The van der Waals surface area contributed by atoms with Gasteiger partial charge in [-0.3, -0.25) is 4.90 Å². The summed E-state index contributed by atoms with van der Waals surface area (Å²) in [4.78, 5) is 1.55. The number of rotatable bonds is 9. The highest BCUT2D eigenvalue weighted by Crippen LogP contribution is 2.12. The van der Waals surface area contributed by atoms with E-state index < -0.39 is 6.43 Å². The smallest absolute Gasteiger partial charge is 0.251 e. The number of halogens is 2. The molecule has 0 fully saturated rings. The molecule has 0 aromatic heterocycles. The van der Waals surface area contributed by atoms with Crippen LogP contribution in [0, 0.1) is 6.92 Å². The summed E-state index contributed by atoms with van der Waals surface area (Å²) in [5.41, 5.74) is 1.12. The first-order valence-electron chi connectivity index (χ1n) is 6.42. The summed E-state index contributed by atoms with van der Waals surface area (Å²) in [6, 6.07) is 7.71. The van der Waals surface area contributed by atoms with E-state index in [2.05, 4.69) is 0 Å². The molecule has 0 saturated heterocycles. The Bertz CT molecular complexity index is 361. The predicted octanol–water partition coefficient (Wildman–Crippen LogP) is 2.32. The maximum atomic E-state index is 12.3. The van der Waals surface area contributed by atoms with Crippen LogP contribution < -0.4 is 4.74 Å². The van der Waals surface area contributed by atoms with Crippen molar-refractivity contribution in [3.05, 3.63) is 29.8 Å². The predicted molar refractivity (Wildman–Crippen MR) is 70.8 cm³/mol. The largest absolute Gasteiger partial charge is 0.494 e. The van der Waals surface area contributed by atoms with Gasteiger partial charge in [0.25, 0.3) is 6.43 Å². The first kappa shape index (κ1) is 15.9. The number of benzene rings is 1. The van der Waals surface area contributed by atoms with Gasteiger partial charge in [0.15, 0.2) is 0 Å². The molecule has 3 nitrogen and oxygen atoms in total. The van der Waals surface area contributed by atoms with Crippen molar-refractivity contribution < 1.29 is 18.6 Å². The number of ether oxygens (including phenoxy) is 1. The topological polar surface area (TPSA) is 32.7 Å². The first-order chi connectivity index (χ1) is 9.11. The third-order valence-corrected chi connectivity index (χ3v) is 2.69. The monoisotopic (exact) mass is 273 g/mol. The van der Waals surface area contributed by atoms with Gasteiger partial charge in [-0.2, -0.15) is 0 Å². The van der Waals surface area contributed by atoms with E-state index in [0.717, 1.165) is 11.3 Å². The average Bonchev–Trinajstić information content (AvgIpc) is 2.34. The van der Waals surface area contributed by atoms with Crippen LogP contribution in [-0.4, -0.2) is 49.3 Å². The summed E-state index contributed by atoms with van der Waals surface area (Å²) < 4.78 is 30.1. The molecule has 0 unspecified atom stereocenters. The van der Waals surface area contributed by atoms with Gasteiger partial charge in [0.1, 0.15) is 5.75 Å². The van der Waals surface area contributed by atoms with Crippen LogP contribution in [0.4, 0.5) is 8.78 Å². The molecule has 0 aliphatic rings. The Labute approximate surface area is 112 Å². The molecule has 0 aliphatic carbocycles. The van der Waals surface area contributed by atoms with Gasteiger partial charge in [-0.25, -0.2) is 8.78 Å². The van der Waals surface area contributed by atoms with Crippen molar-refractivity contribution in [2.45, 2.75) is 19.8 Å². The fourth-order valence-electron chi connectivity index (χ4n) is 1.81. The van der Waals surface area contributed by atoms with Gasteiger partial charge in [0, 0.05) is 13.1 Å². The summed E-state index contributed by atoms with van der Waals surface area (Å²) in [7, 11) is 0. The van der Waals surface area contributed by atoms with Crippen molar-refractivity contribution in [1.29, 1.82) is 0 Å². The van der Waals surface area contributed by atoms with Crippen molar-refractivity contribution >= 4 is 0 Å². The molecule has 0 bridgehead atoms. The molecule has 0 heterocycles. The van der Waals surface area contributed by atoms with E-state index in [1.807, 2.05) is 31.2 Å². The lowest BCUT2D eigenvalue weighted by molar-refractivity contribution is 0.0754. The van der Waals surface area contributed by atoms with Gasteiger partial charge >= 0.3 is 0 Å². The standard InChI is InChI=1S/C14H21F2NO2/c1-12-4-2-5-13(10-12)19-9-3-6-17(7-8-18)11-14(15)16/h2,4-5,10,14,18H,3,6-9,11H2,1H3. The van der Waals surface area contributed by atoms with Crippen LogP contribution in [0.15, 0.2) is 24.3 Å². The number of aryl methyl sites for hydroxylation is 1. The third kappa shape index (κ3) is 7.08. The highest BCUT2D eigenvalue weighted by molar-refractivity contribution is 5.27. The van der Waals surface area contributed by atoms with Crippen molar-refractivity contribution in [3.8, 4) is 5.75 Å². The molecule has 5 heteroatoms. The normalized spacial score (nSPS) is 11.3. The number of aliphatic hydroxyl groups excluding tert-OH is 1. The minimum atomic E-state index is -2.37. The van der Waals surface area contributed by atoms with Crippen LogP contribution in [0.2, 0.25) is 0 Å². The van der Waals surface area contributed by atoms with E-state index in [0.29, 0.717) is 19.6 Å². The van der Waals surface area contributed by atoms with E-state index in [1.54, 1.807) is 4.90 Å². The van der Waals surface area contributed by atoms with Gasteiger partial charge in [-0.15, -0.1) is 0 Å². The Morgan fingerprint density at radius 2 is 2.11 bits per heavy atom. The maximum Gasteiger partial charge on any atom is 0.251 e. The Kier molecular flexibility index (Phi) is 7.36. The Balaban J connectivity index is 2.24. The summed E-state index contributed by atoms with van der Waals surface area (Å²) in [5.74, 6) is 0.794. The molecular formula is C14H21F2NO2. The van der Waals surface area contributed by atoms with E-state index in [-0.39, 0.29) is 19.7 Å². The summed E-state index contributed by atoms with van der Waals surface area (Å²) >= 11 is 0. The molecule has 0 spiro atoms.